The van der Waals surface area contributed by atoms with Crippen LogP contribution in [0.3, 0.4) is 0 Å². The third-order valence-corrected chi connectivity index (χ3v) is 7.49. The van der Waals surface area contributed by atoms with Crippen LogP contribution in [0.15, 0.2) is 53.4 Å². The van der Waals surface area contributed by atoms with E-state index < -0.39 is 10.0 Å². The molecule has 30 heavy (non-hydrogen) atoms. The van der Waals surface area contributed by atoms with Crippen molar-refractivity contribution in [2.45, 2.75) is 43.4 Å². The summed E-state index contributed by atoms with van der Waals surface area (Å²) in [6.07, 6.45) is 4.87. The Morgan fingerprint density at radius 2 is 1.63 bits per heavy atom. The average molecular weight is 431 g/mol. The monoisotopic (exact) mass is 430 g/mol. The van der Waals surface area contributed by atoms with E-state index in [0.717, 1.165) is 36.9 Å². The van der Waals surface area contributed by atoms with E-state index in [-0.39, 0.29) is 5.91 Å². The van der Waals surface area contributed by atoms with Crippen LogP contribution in [0.1, 0.15) is 37.7 Å². The Bertz CT molecular complexity index is 949. The van der Waals surface area contributed by atoms with E-state index in [4.69, 9.17) is 4.74 Å². The largest absolute Gasteiger partial charge is 0.495 e. The summed E-state index contributed by atoms with van der Waals surface area (Å²) in [6.45, 7) is 1.18. The lowest BCUT2D eigenvalue weighted by molar-refractivity contribution is -0.118. The molecule has 1 saturated heterocycles. The van der Waals surface area contributed by atoms with E-state index in [9.17, 15) is 13.2 Å². The number of ether oxygens (including phenoxy) is 1. The third-order valence-electron chi connectivity index (χ3n) is 5.57. The quantitative estimate of drug-likeness (QED) is 0.669. The van der Waals surface area contributed by atoms with Gasteiger partial charge >= 0.3 is 0 Å². The lowest BCUT2D eigenvalue weighted by Gasteiger charge is -2.20. The molecule has 162 valence electrons. The van der Waals surface area contributed by atoms with Gasteiger partial charge in [-0.2, -0.15) is 4.31 Å². The first kappa shape index (κ1) is 22.3. The molecule has 1 aliphatic rings. The molecule has 1 fully saturated rings. The Hall–Kier alpha value is -2.38. The number of hydrogen-bond donors (Lipinski definition) is 0. The molecule has 1 aliphatic heterocycles. The molecule has 0 radical (unpaired) electrons. The predicted molar refractivity (Wildman–Crippen MR) is 118 cm³/mol. The van der Waals surface area contributed by atoms with Crippen LogP contribution in [-0.2, 0) is 21.2 Å². The van der Waals surface area contributed by atoms with Gasteiger partial charge in [-0.25, -0.2) is 8.42 Å². The Morgan fingerprint density at radius 1 is 1.00 bits per heavy atom. The van der Waals surface area contributed by atoms with Gasteiger partial charge in [0.05, 0.1) is 17.7 Å². The van der Waals surface area contributed by atoms with Gasteiger partial charge in [0.1, 0.15) is 5.75 Å². The van der Waals surface area contributed by atoms with Crippen molar-refractivity contribution in [3.63, 3.8) is 0 Å². The molecule has 1 heterocycles. The number of nitrogens with zero attached hydrogens (tertiary/aromatic N) is 2. The van der Waals surface area contributed by atoms with Crippen molar-refractivity contribution in [3.8, 4) is 5.75 Å². The molecule has 1 amide bonds. The van der Waals surface area contributed by atoms with Gasteiger partial charge in [-0.1, -0.05) is 37.1 Å². The molecule has 0 unspecified atom stereocenters. The summed E-state index contributed by atoms with van der Waals surface area (Å²) in [7, 11) is -0.131. The Labute approximate surface area is 179 Å². The summed E-state index contributed by atoms with van der Waals surface area (Å²) in [6, 6.07) is 14.3. The molecular weight excluding hydrogens is 400 g/mol. The average Bonchev–Trinajstić information content (AvgIpc) is 3.07. The molecule has 0 N–H and O–H groups in total. The molecular formula is C23H30N2O4S. The topological polar surface area (TPSA) is 66.9 Å². The minimum Gasteiger partial charge on any atom is -0.495 e. The lowest BCUT2D eigenvalue weighted by Crippen LogP contribution is -2.31. The van der Waals surface area contributed by atoms with Crippen molar-refractivity contribution < 1.29 is 17.9 Å². The SMILES string of the molecule is COc1ccccc1N(C)C(=O)CCc1ccc(S(=O)(=O)N2CCCCCC2)cc1. The number of aryl methyl sites for hydroxylation is 1. The number of sulfonamides is 1. The van der Waals surface area contributed by atoms with Crippen LogP contribution in [-0.4, -0.2) is 45.9 Å². The van der Waals surface area contributed by atoms with Crippen LogP contribution < -0.4 is 9.64 Å². The highest BCUT2D eigenvalue weighted by molar-refractivity contribution is 7.89. The maximum Gasteiger partial charge on any atom is 0.243 e. The zero-order valence-electron chi connectivity index (χ0n) is 17.7. The van der Waals surface area contributed by atoms with Gasteiger partial charge < -0.3 is 9.64 Å². The van der Waals surface area contributed by atoms with Crippen molar-refractivity contribution in [3.05, 3.63) is 54.1 Å². The van der Waals surface area contributed by atoms with Crippen LogP contribution in [0.4, 0.5) is 5.69 Å². The summed E-state index contributed by atoms with van der Waals surface area (Å²) in [4.78, 5) is 14.5. The zero-order chi connectivity index (χ0) is 21.6. The Morgan fingerprint density at radius 3 is 2.27 bits per heavy atom. The van der Waals surface area contributed by atoms with Gasteiger partial charge in [0.25, 0.3) is 0 Å². The van der Waals surface area contributed by atoms with Crippen molar-refractivity contribution in [1.82, 2.24) is 4.31 Å². The number of anilines is 1. The fourth-order valence-corrected chi connectivity index (χ4v) is 5.24. The first-order valence-electron chi connectivity index (χ1n) is 10.4. The highest BCUT2D eigenvalue weighted by atomic mass is 32.2. The number of carbonyl (C=O) groups excluding carboxylic acids is 1. The fraction of sp³-hybridized carbons (Fsp3) is 0.435. The van der Waals surface area contributed by atoms with E-state index in [1.165, 1.54) is 0 Å². The van der Waals surface area contributed by atoms with Crippen LogP contribution in [0.2, 0.25) is 0 Å². The summed E-state index contributed by atoms with van der Waals surface area (Å²) in [5.41, 5.74) is 1.66. The summed E-state index contributed by atoms with van der Waals surface area (Å²) in [5.74, 6) is 0.622. The highest BCUT2D eigenvalue weighted by Gasteiger charge is 2.25. The molecule has 0 aliphatic carbocycles. The second-order valence-corrected chi connectivity index (χ2v) is 9.52. The summed E-state index contributed by atoms with van der Waals surface area (Å²) >= 11 is 0. The molecule has 6 nitrogen and oxygen atoms in total. The van der Waals surface area contributed by atoms with Gasteiger partial charge in [-0.3, -0.25) is 4.79 Å². The third kappa shape index (κ3) is 5.21. The number of amides is 1. The van der Waals surface area contributed by atoms with E-state index in [2.05, 4.69) is 0 Å². The van der Waals surface area contributed by atoms with E-state index in [1.54, 1.807) is 47.6 Å². The maximum absolute atomic E-state index is 12.9. The van der Waals surface area contributed by atoms with Crippen LogP contribution in [0.25, 0.3) is 0 Å². The number of methoxy groups -OCH3 is 1. The van der Waals surface area contributed by atoms with Crippen molar-refractivity contribution in [1.29, 1.82) is 0 Å². The van der Waals surface area contributed by atoms with Crippen LogP contribution >= 0.6 is 0 Å². The van der Waals surface area contributed by atoms with Gasteiger partial charge in [-0.05, 0) is 49.1 Å². The van der Waals surface area contributed by atoms with E-state index >= 15 is 0 Å². The molecule has 0 saturated carbocycles. The van der Waals surface area contributed by atoms with E-state index in [1.807, 2.05) is 24.3 Å². The van der Waals surface area contributed by atoms with Gasteiger partial charge in [0, 0.05) is 26.6 Å². The van der Waals surface area contributed by atoms with Crippen molar-refractivity contribution in [2.75, 3.05) is 32.1 Å². The fourth-order valence-electron chi connectivity index (χ4n) is 3.72. The first-order chi connectivity index (χ1) is 14.4. The minimum atomic E-state index is -3.45. The predicted octanol–water partition coefficient (Wildman–Crippen LogP) is 3.86. The second-order valence-electron chi connectivity index (χ2n) is 7.59. The molecule has 3 rings (SSSR count). The zero-order valence-corrected chi connectivity index (χ0v) is 18.5. The number of benzene rings is 2. The molecule has 2 aromatic rings. The maximum atomic E-state index is 12.9. The normalized spacial score (nSPS) is 15.4. The van der Waals surface area contributed by atoms with Crippen LogP contribution in [0.5, 0.6) is 5.75 Å². The summed E-state index contributed by atoms with van der Waals surface area (Å²) in [5, 5.41) is 0. The molecule has 0 bridgehead atoms. The van der Waals surface area contributed by atoms with Gasteiger partial charge in [0.2, 0.25) is 15.9 Å². The van der Waals surface area contributed by atoms with Gasteiger partial charge in [0.15, 0.2) is 0 Å². The van der Waals surface area contributed by atoms with Gasteiger partial charge in [-0.15, -0.1) is 0 Å². The molecule has 2 aromatic carbocycles. The van der Waals surface area contributed by atoms with Crippen LogP contribution in [0, 0.1) is 0 Å². The Balaban J connectivity index is 1.62. The number of rotatable bonds is 7. The smallest absolute Gasteiger partial charge is 0.243 e. The standard InChI is InChI=1S/C23H30N2O4S/c1-24(21-9-5-6-10-22(21)29-2)23(26)16-13-19-11-14-20(15-12-19)30(27,28)25-17-7-3-4-8-18-25/h5-6,9-12,14-15H,3-4,7-8,13,16-18H2,1-2H3. The second kappa shape index (κ2) is 10.1. The number of hydrogen-bond acceptors (Lipinski definition) is 4. The first-order valence-corrected chi connectivity index (χ1v) is 11.9. The summed E-state index contributed by atoms with van der Waals surface area (Å²) < 4.78 is 32.7. The lowest BCUT2D eigenvalue weighted by atomic mass is 10.1. The van der Waals surface area contributed by atoms with E-state index in [0.29, 0.717) is 36.6 Å². The molecule has 7 heteroatoms. The minimum absolute atomic E-state index is 0.0271. The molecule has 0 aromatic heterocycles. The van der Waals surface area contributed by atoms with Crippen molar-refractivity contribution in [2.24, 2.45) is 0 Å². The highest BCUT2D eigenvalue weighted by Crippen LogP contribution is 2.27. The molecule has 0 atom stereocenters. The van der Waals surface area contributed by atoms with Crippen molar-refractivity contribution >= 4 is 21.6 Å². The number of carbonyl (C=O) groups is 1. The molecule has 0 spiro atoms. The Kier molecular flexibility index (Phi) is 7.50. The number of para-hydroxylation sites is 2.